The molecule has 0 bridgehead atoms. The van der Waals surface area contributed by atoms with Gasteiger partial charge in [0, 0.05) is 0 Å². The summed E-state index contributed by atoms with van der Waals surface area (Å²) in [5.41, 5.74) is -0.303. The van der Waals surface area contributed by atoms with E-state index in [1.807, 2.05) is 0 Å². The molecular weight excluding hydrogens is 215 g/mol. The van der Waals surface area contributed by atoms with Crippen LogP contribution < -0.4 is 0 Å². The second kappa shape index (κ2) is 2.88. The van der Waals surface area contributed by atoms with Gasteiger partial charge >= 0.3 is 6.18 Å². The van der Waals surface area contributed by atoms with Crippen LogP contribution in [0.25, 0.3) is 11.0 Å². The summed E-state index contributed by atoms with van der Waals surface area (Å²) in [4.78, 5) is 9.65. The van der Waals surface area contributed by atoms with E-state index in [1.54, 1.807) is 0 Å². The van der Waals surface area contributed by atoms with Crippen molar-refractivity contribution in [3.05, 3.63) is 18.0 Å². The number of aromatic nitrogens is 3. The molecule has 1 N–H and O–H groups in total. The molecule has 0 aromatic carbocycles. The molecule has 0 amide bonds. The summed E-state index contributed by atoms with van der Waals surface area (Å²) in [6, 6.07) is 0.905. The van der Waals surface area contributed by atoms with Gasteiger partial charge in [-0.1, -0.05) is 0 Å². The van der Waals surface area contributed by atoms with Gasteiger partial charge in [0.2, 0.25) is 0 Å². The molecule has 0 atom stereocenters. The fourth-order valence-corrected chi connectivity index (χ4v) is 1.28. The number of thiol groups is 1. The Hall–Kier alpha value is -1.24. The van der Waals surface area contributed by atoms with Gasteiger partial charge in [-0.2, -0.15) is 13.2 Å². The maximum atomic E-state index is 12.2. The minimum atomic E-state index is -4.43. The van der Waals surface area contributed by atoms with Crippen molar-refractivity contribution in [2.24, 2.45) is 0 Å². The highest BCUT2D eigenvalue weighted by Crippen LogP contribution is 2.28. The quantitative estimate of drug-likeness (QED) is 0.667. The van der Waals surface area contributed by atoms with E-state index >= 15 is 0 Å². The van der Waals surface area contributed by atoms with Crippen LogP contribution in [0, 0.1) is 0 Å². The Balaban J connectivity index is 2.62. The average molecular weight is 219 g/mol. The summed E-state index contributed by atoms with van der Waals surface area (Å²) >= 11 is 3.87. The first-order valence-electron chi connectivity index (χ1n) is 3.59. The Kier molecular flexibility index (Phi) is 1.91. The number of pyridine rings is 1. The van der Waals surface area contributed by atoms with E-state index in [4.69, 9.17) is 0 Å². The van der Waals surface area contributed by atoms with Gasteiger partial charge in [-0.25, -0.2) is 9.97 Å². The maximum absolute atomic E-state index is 12.2. The number of fused-ring (bicyclic) bond motifs is 1. The van der Waals surface area contributed by atoms with E-state index in [0.717, 1.165) is 12.3 Å². The van der Waals surface area contributed by atoms with Crippen molar-refractivity contribution in [1.82, 2.24) is 15.0 Å². The SMILES string of the molecule is FC(F)(F)c1cc2[nH]c(S)nc2cn1. The number of rotatable bonds is 0. The van der Waals surface area contributed by atoms with E-state index in [0.29, 0.717) is 5.52 Å². The summed E-state index contributed by atoms with van der Waals surface area (Å²) < 4.78 is 36.6. The van der Waals surface area contributed by atoms with Crippen molar-refractivity contribution < 1.29 is 13.2 Å². The predicted octanol–water partition coefficient (Wildman–Crippen LogP) is 2.27. The molecule has 0 aliphatic heterocycles. The summed E-state index contributed by atoms with van der Waals surface area (Å²) in [6.45, 7) is 0. The molecule has 14 heavy (non-hydrogen) atoms. The van der Waals surface area contributed by atoms with E-state index in [2.05, 4.69) is 27.6 Å². The number of alkyl halides is 3. The zero-order chi connectivity index (χ0) is 10.3. The zero-order valence-corrected chi connectivity index (χ0v) is 7.52. The van der Waals surface area contributed by atoms with Crippen molar-refractivity contribution in [3.8, 4) is 0 Å². The van der Waals surface area contributed by atoms with Gasteiger partial charge in [0.25, 0.3) is 0 Å². The van der Waals surface area contributed by atoms with Gasteiger partial charge in [-0.3, -0.25) is 0 Å². The molecule has 0 unspecified atom stereocenters. The molecule has 0 aliphatic rings. The number of hydrogen-bond donors (Lipinski definition) is 2. The van der Waals surface area contributed by atoms with Crippen molar-refractivity contribution in [3.63, 3.8) is 0 Å². The standard InChI is InChI=1S/C7H4F3N3S/c8-7(9,10)5-1-3-4(2-11-5)13-6(14)12-3/h1-2H,(H2,12,13,14). The monoisotopic (exact) mass is 219 g/mol. The number of imidazole rings is 1. The van der Waals surface area contributed by atoms with Crippen LogP contribution in [0.4, 0.5) is 13.2 Å². The van der Waals surface area contributed by atoms with Gasteiger partial charge < -0.3 is 4.98 Å². The van der Waals surface area contributed by atoms with Crippen LogP contribution in [-0.2, 0) is 6.18 Å². The van der Waals surface area contributed by atoms with Crippen molar-refractivity contribution in [2.45, 2.75) is 11.3 Å². The first-order chi connectivity index (χ1) is 6.47. The number of nitrogens with zero attached hydrogens (tertiary/aromatic N) is 2. The first kappa shape index (κ1) is 9.32. The van der Waals surface area contributed by atoms with Crippen molar-refractivity contribution in [1.29, 1.82) is 0 Å². The molecule has 0 spiro atoms. The van der Waals surface area contributed by atoms with Crippen LogP contribution >= 0.6 is 12.6 Å². The molecule has 0 fully saturated rings. The molecule has 2 rings (SSSR count). The summed E-state index contributed by atoms with van der Waals surface area (Å²) in [6.07, 6.45) is -3.37. The lowest BCUT2D eigenvalue weighted by Gasteiger charge is -2.03. The fourth-order valence-electron chi connectivity index (χ4n) is 1.05. The molecule has 2 aromatic heterocycles. The Bertz CT molecular complexity index is 476. The Labute approximate surface area is 81.8 Å². The molecule has 0 saturated carbocycles. The lowest BCUT2D eigenvalue weighted by Crippen LogP contribution is -2.07. The van der Waals surface area contributed by atoms with Gasteiger partial charge in [-0.05, 0) is 6.07 Å². The Morgan fingerprint density at radius 2 is 2.07 bits per heavy atom. The second-order valence-corrected chi connectivity index (χ2v) is 3.07. The molecule has 0 radical (unpaired) electrons. The van der Waals surface area contributed by atoms with E-state index in [9.17, 15) is 13.2 Å². The average Bonchev–Trinajstić information content (AvgIpc) is 2.41. The summed E-state index contributed by atoms with van der Waals surface area (Å²) in [5, 5.41) is 0.265. The first-order valence-corrected chi connectivity index (χ1v) is 4.03. The van der Waals surface area contributed by atoms with Crippen LogP contribution in [0.15, 0.2) is 17.4 Å². The minimum absolute atomic E-state index is 0.265. The minimum Gasteiger partial charge on any atom is -0.333 e. The van der Waals surface area contributed by atoms with E-state index in [1.165, 1.54) is 0 Å². The highest BCUT2D eigenvalue weighted by molar-refractivity contribution is 7.80. The summed E-state index contributed by atoms with van der Waals surface area (Å²) in [7, 11) is 0. The molecule has 74 valence electrons. The van der Waals surface area contributed by atoms with Gasteiger partial charge in [-0.15, -0.1) is 12.6 Å². The van der Waals surface area contributed by atoms with Crippen molar-refractivity contribution >= 4 is 23.7 Å². The van der Waals surface area contributed by atoms with Crippen LogP contribution in [0.1, 0.15) is 5.69 Å². The van der Waals surface area contributed by atoms with Crippen LogP contribution in [0.5, 0.6) is 0 Å². The molecule has 7 heteroatoms. The number of nitrogens with one attached hydrogen (secondary N) is 1. The van der Waals surface area contributed by atoms with Crippen LogP contribution in [0.2, 0.25) is 0 Å². The fraction of sp³-hybridized carbons (Fsp3) is 0.143. The lowest BCUT2D eigenvalue weighted by atomic mass is 10.3. The number of aromatic amines is 1. The van der Waals surface area contributed by atoms with E-state index in [-0.39, 0.29) is 10.7 Å². The van der Waals surface area contributed by atoms with Gasteiger partial charge in [0.15, 0.2) is 5.16 Å². The number of hydrogen-bond acceptors (Lipinski definition) is 3. The third-order valence-corrected chi connectivity index (χ3v) is 1.86. The normalized spacial score (nSPS) is 12.3. The Morgan fingerprint density at radius 1 is 1.36 bits per heavy atom. The second-order valence-electron chi connectivity index (χ2n) is 2.64. The number of H-pyrrole nitrogens is 1. The smallest absolute Gasteiger partial charge is 0.333 e. The number of halogens is 3. The largest absolute Gasteiger partial charge is 0.433 e. The van der Waals surface area contributed by atoms with Gasteiger partial charge in [0.05, 0.1) is 11.7 Å². The Morgan fingerprint density at radius 3 is 2.71 bits per heavy atom. The van der Waals surface area contributed by atoms with E-state index < -0.39 is 11.9 Å². The molecule has 2 heterocycles. The topological polar surface area (TPSA) is 41.6 Å². The third-order valence-electron chi connectivity index (χ3n) is 1.65. The van der Waals surface area contributed by atoms with Crippen molar-refractivity contribution in [2.75, 3.05) is 0 Å². The van der Waals surface area contributed by atoms with Gasteiger partial charge in [0.1, 0.15) is 11.2 Å². The maximum Gasteiger partial charge on any atom is 0.433 e. The van der Waals surface area contributed by atoms with Crippen LogP contribution in [-0.4, -0.2) is 15.0 Å². The lowest BCUT2D eigenvalue weighted by molar-refractivity contribution is -0.141. The third kappa shape index (κ3) is 1.54. The highest BCUT2D eigenvalue weighted by atomic mass is 32.1. The molecule has 3 nitrogen and oxygen atoms in total. The molecule has 0 aliphatic carbocycles. The molecule has 2 aromatic rings. The van der Waals surface area contributed by atoms with Crippen LogP contribution in [0.3, 0.4) is 0 Å². The zero-order valence-electron chi connectivity index (χ0n) is 6.63. The molecule has 0 saturated heterocycles. The summed E-state index contributed by atoms with van der Waals surface area (Å²) in [5.74, 6) is 0. The molecular formula is C7H4F3N3S. The highest BCUT2D eigenvalue weighted by Gasteiger charge is 2.32. The predicted molar refractivity (Wildman–Crippen MR) is 46.1 cm³/mol.